The van der Waals surface area contributed by atoms with Crippen LogP contribution in [0.5, 0.6) is 0 Å². The average molecular weight is 425 g/mol. The molecule has 5 nitrogen and oxygen atoms in total. The van der Waals surface area contributed by atoms with E-state index in [2.05, 4.69) is 29.4 Å². The second kappa shape index (κ2) is 11.4. The highest BCUT2D eigenvalue weighted by atomic mass is 16.1. The van der Waals surface area contributed by atoms with Crippen molar-refractivity contribution in [1.29, 1.82) is 5.26 Å². The molecule has 0 spiro atoms. The lowest BCUT2D eigenvalue weighted by Gasteiger charge is -2.21. The Morgan fingerprint density at radius 1 is 0.906 bits per heavy atom. The van der Waals surface area contributed by atoms with Gasteiger partial charge in [0.15, 0.2) is 0 Å². The third-order valence-corrected chi connectivity index (χ3v) is 5.29. The van der Waals surface area contributed by atoms with Gasteiger partial charge in [-0.05, 0) is 49.2 Å². The molecule has 3 aromatic carbocycles. The largest absolute Gasteiger partial charge is 0.372 e. The van der Waals surface area contributed by atoms with Gasteiger partial charge in [-0.1, -0.05) is 60.7 Å². The first-order valence-electron chi connectivity index (χ1n) is 10.8. The lowest BCUT2D eigenvalue weighted by Crippen LogP contribution is -2.30. The fourth-order valence-corrected chi connectivity index (χ4v) is 3.52. The van der Waals surface area contributed by atoms with E-state index in [1.807, 2.05) is 91.0 Å². The monoisotopic (exact) mass is 424 g/mol. The summed E-state index contributed by atoms with van der Waals surface area (Å²) >= 11 is 0. The SMILES string of the molecule is CCN(CC)c1ccc(N/C=C(/C#N)C(=O)NC(c2ccccc2)c2ccccc2)cc1. The normalized spacial score (nSPS) is 11.0. The van der Waals surface area contributed by atoms with E-state index in [0.717, 1.165) is 35.6 Å². The molecule has 3 rings (SSSR count). The molecule has 0 radical (unpaired) electrons. The molecule has 0 heterocycles. The van der Waals surface area contributed by atoms with Gasteiger partial charge in [-0.2, -0.15) is 5.26 Å². The van der Waals surface area contributed by atoms with Gasteiger partial charge in [0.05, 0.1) is 6.04 Å². The first-order valence-corrected chi connectivity index (χ1v) is 10.8. The zero-order valence-electron chi connectivity index (χ0n) is 18.5. The highest BCUT2D eigenvalue weighted by molar-refractivity contribution is 5.98. The minimum absolute atomic E-state index is 0.00896. The topological polar surface area (TPSA) is 68.2 Å². The van der Waals surface area contributed by atoms with Gasteiger partial charge in [0, 0.05) is 30.7 Å². The summed E-state index contributed by atoms with van der Waals surface area (Å²) in [6.45, 7) is 6.11. The van der Waals surface area contributed by atoms with Gasteiger partial charge in [-0.3, -0.25) is 4.79 Å². The molecule has 5 heteroatoms. The predicted molar refractivity (Wildman–Crippen MR) is 130 cm³/mol. The van der Waals surface area contributed by atoms with Crippen LogP contribution in [0.2, 0.25) is 0 Å². The van der Waals surface area contributed by atoms with Crippen LogP contribution < -0.4 is 15.5 Å². The highest BCUT2D eigenvalue weighted by Crippen LogP contribution is 2.22. The number of benzene rings is 3. The van der Waals surface area contributed by atoms with Crippen LogP contribution in [0.25, 0.3) is 0 Å². The van der Waals surface area contributed by atoms with E-state index in [1.54, 1.807) is 0 Å². The molecule has 0 aromatic heterocycles. The van der Waals surface area contributed by atoms with E-state index in [-0.39, 0.29) is 11.6 Å². The number of hydrogen-bond donors (Lipinski definition) is 2. The Hall–Kier alpha value is -4.04. The van der Waals surface area contributed by atoms with Gasteiger partial charge >= 0.3 is 0 Å². The maximum Gasteiger partial charge on any atom is 0.264 e. The Morgan fingerprint density at radius 3 is 1.91 bits per heavy atom. The number of rotatable bonds is 9. The third-order valence-electron chi connectivity index (χ3n) is 5.29. The number of nitrogens with zero attached hydrogens (tertiary/aromatic N) is 2. The van der Waals surface area contributed by atoms with Gasteiger partial charge < -0.3 is 15.5 Å². The van der Waals surface area contributed by atoms with Crippen molar-refractivity contribution in [3.8, 4) is 6.07 Å². The number of carbonyl (C=O) groups is 1. The zero-order valence-corrected chi connectivity index (χ0v) is 18.5. The molecule has 0 saturated heterocycles. The molecule has 0 saturated carbocycles. The molecule has 32 heavy (non-hydrogen) atoms. The number of anilines is 2. The maximum atomic E-state index is 12.9. The summed E-state index contributed by atoms with van der Waals surface area (Å²) in [5.74, 6) is -0.433. The molecule has 0 atom stereocenters. The molecular formula is C27H28N4O. The highest BCUT2D eigenvalue weighted by Gasteiger charge is 2.19. The summed E-state index contributed by atoms with van der Waals surface area (Å²) in [4.78, 5) is 15.2. The zero-order chi connectivity index (χ0) is 22.8. The fraction of sp³-hybridized carbons (Fsp3) is 0.185. The molecule has 162 valence electrons. The fourth-order valence-electron chi connectivity index (χ4n) is 3.52. The molecule has 0 fully saturated rings. The standard InChI is InChI=1S/C27H28N4O/c1-3-31(4-2)25-17-15-24(16-18-25)29-20-23(19-28)27(32)30-26(21-11-7-5-8-12-21)22-13-9-6-10-14-22/h5-18,20,26,29H,3-4H2,1-2H3,(H,30,32)/b23-20-. The number of nitrogens with one attached hydrogen (secondary N) is 2. The van der Waals surface area contributed by atoms with E-state index in [0.29, 0.717) is 0 Å². The third kappa shape index (κ3) is 5.77. The smallest absolute Gasteiger partial charge is 0.264 e. The van der Waals surface area contributed by atoms with Gasteiger partial charge in [0.2, 0.25) is 0 Å². The molecule has 0 aliphatic carbocycles. The Kier molecular flexibility index (Phi) is 8.05. The van der Waals surface area contributed by atoms with Crippen LogP contribution in [0.3, 0.4) is 0 Å². The Labute approximate surface area is 190 Å². The quantitative estimate of drug-likeness (QED) is 0.363. The first-order chi connectivity index (χ1) is 15.7. The van der Waals surface area contributed by atoms with Crippen molar-refractivity contribution in [1.82, 2.24) is 5.32 Å². The predicted octanol–water partition coefficient (Wildman–Crippen LogP) is 5.26. The maximum absolute atomic E-state index is 12.9. The van der Waals surface area contributed by atoms with Crippen molar-refractivity contribution in [2.45, 2.75) is 19.9 Å². The molecule has 0 aliphatic heterocycles. The van der Waals surface area contributed by atoms with Gasteiger partial charge in [0.25, 0.3) is 5.91 Å². The van der Waals surface area contributed by atoms with Crippen LogP contribution in [0, 0.1) is 11.3 Å². The van der Waals surface area contributed by atoms with Crippen molar-refractivity contribution in [3.05, 3.63) is 108 Å². The van der Waals surface area contributed by atoms with E-state index in [4.69, 9.17) is 0 Å². The van der Waals surface area contributed by atoms with E-state index >= 15 is 0 Å². The summed E-state index contributed by atoms with van der Waals surface area (Å²) in [5, 5.41) is 15.7. The summed E-state index contributed by atoms with van der Waals surface area (Å²) in [7, 11) is 0. The minimum Gasteiger partial charge on any atom is -0.372 e. The van der Waals surface area contributed by atoms with E-state index in [9.17, 15) is 10.1 Å². The molecule has 0 unspecified atom stereocenters. The summed E-state index contributed by atoms with van der Waals surface area (Å²) < 4.78 is 0. The second-order valence-corrected chi connectivity index (χ2v) is 7.26. The Balaban J connectivity index is 1.75. The number of amides is 1. The van der Waals surface area contributed by atoms with Crippen molar-refractivity contribution in [2.24, 2.45) is 0 Å². The lowest BCUT2D eigenvalue weighted by molar-refractivity contribution is -0.117. The Morgan fingerprint density at radius 2 is 1.44 bits per heavy atom. The molecule has 3 aromatic rings. The van der Waals surface area contributed by atoms with Crippen molar-refractivity contribution < 1.29 is 4.79 Å². The molecule has 0 bridgehead atoms. The summed E-state index contributed by atoms with van der Waals surface area (Å²) in [6, 6.07) is 29.0. The van der Waals surface area contributed by atoms with Crippen LogP contribution in [-0.2, 0) is 4.79 Å². The van der Waals surface area contributed by atoms with Crippen molar-refractivity contribution in [2.75, 3.05) is 23.3 Å². The van der Waals surface area contributed by atoms with E-state index in [1.165, 1.54) is 6.20 Å². The van der Waals surface area contributed by atoms with Crippen LogP contribution in [-0.4, -0.2) is 19.0 Å². The van der Waals surface area contributed by atoms with Crippen LogP contribution in [0.1, 0.15) is 31.0 Å². The first kappa shape index (κ1) is 22.6. The van der Waals surface area contributed by atoms with Crippen molar-refractivity contribution in [3.63, 3.8) is 0 Å². The van der Waals surface area contributed by atoms with Gasteiger partial charge in [-0.15, -0.1) is 0 Å². The minimum atomic E-state index is -0.433. The Bertz CT molecular complexity index is 1030. The molecule has 1 amide bonds. The molecule has 0 aliphatic rings. The lowest BCUT2D eigenvalue weighted by atomic mass is 9.98. The molecular weight excluding hydrogens is 396 g/mol. The summed E-state index contributed by atoms with van der Waals surface area (Å²) in [6.07, 6.45) is 1.45. The number of hydrogen-bond acceptors (Lipinski definition) is 4. The second-order valence-electron chi connectivity index (χ2n) is 7.26. The van der Waals surface area contributed by atoms with E-state index < -0.39 is 5.91 Å². The van der Waals surface area contributed by atoms with Crippen molar-refractivity contribution >= 4 is 17.3 Å². The van der Waals surface area contributed by atoms with Crippen LogP contribution >= 0.6 is 0 Å². The van der Waals surface area contributed by atoms with Gasteiger partial charge in [-0.25, -0.2) is 0 Å². The summed E-state index contributed by atoms with van der Waals surface area (Å²) in [5.41, 5.74) is 3.85. The van der Waals surface area contributed by atoms with Gasteiger partial charge in [0.1, 0.15) is 11.6 Å². The average Bonchev–Trinajstić information content (AvgIpc) is 2.85. The molecule has 2 N–H and O–H groups in total. The number of carbonyl (C=O) groups excluding carboxylic acids is 1. The van der Waals surface area contributed by atoms with Crippen LogP contribution in [0.4, 0.5) is 11.4 Å². The number of nitriles is 1. The van der Waals surface area contributed by atoms with Crippen LogP contribution in [0.15, 0.2) is 96.7 Å².